The Hall–Kier alpha value is 0.200. The van der Waals surface area contributed by atoms with E-state index >= 15 is 0 Å². The zero-order chi connectivity index (χ0) is 12.1. The van der Waals surface area contributed by atoms with Gasteiger partial charge in [-0.25, -0.2) is 0 Å². The Morgan fingerprint density at radius 2 is 1.80 bits per heavy atom. The van der Waals surface area contributed by atoms with E-state index in [4.69, 9.17) is 0 Å². The van der Waals surface area contributed by atoms with Crippen molar-refractivity contribution in [3.8, 4) is 0 Å². The van der Waals surface area contributed by atoms with E-state index in [1.807, 2.05) is 0 Å². The number of nitrogens with one attached hydrogen (secondary N) is 1. The third kappa shape index (κ3) is 9.15. The van der Waals surface area contributed by atoms with Crippen molar-refractivity contribution in [2.45, 2.75) is 57.3 Å². The van der Waals surface area contributed by atoms with Crippen LogP contribution in [0, 0.1) is 5.41 Å². The quantitative estimate of drug-likeness (QED) is 0.587. The van der Waals surface area contributed by atoms with Crippen LogP contribution in [0.2, 0.25) is 0 Å². The molecule has 3 heteroatoms. The van der Waals surface area contributed by atoms with Crippen molar-refractivity contribution >= 4 is 28.5 Å². The lowest BCUT2D eigenvalue weighted by atomic mass is 9.86. The van der Waals surface area contributed by atoms with Crippen LogP contribution in [0.4, 0.5) is 0 Å². The van der Waals surface area contributed by atoms with Crippen LogP contribution in [0.1, 0.15) is 53.9 Å². The maximum absolute atomic E-state index is 11.5. The van der Waals surface area contributed by atoms with Crippen LogP contribution in [0.3, 0.4) is 0 Å². The summed E-state index contributed by atoms with van der Waals surface area (Å²) in [6.07, 6.45) is 2.80. The molecule has 1 amide bonds. The molecular formula is C12H24INO. The van der Waals surface area contributed by atoms with Gasteiger partial charge in [0.25, 0.3) is 0 Å². The van der Waals surface area contributed by atoms with E-state index in [1.54, 1.807) is 0 Å². The molecule has 0 heterocycles. The summed E-state index contributed by atoms with van der Waals surface area (Å²) < 4.78 is 0.0577. The van der Waals surface area contributed by atoms with Gasteiger partial charge in [0.05, 0.1) is 0 Å². The zero-order valence-corrected chi connectivity index (χ0v) is 12.8. The number of carbonyl (C=O) groups excluding carboxylic acids is 1. The SMILES string of the molecule is CCC(C)(C)CCNC(=O)CC(C)(C)I. The second-order valence-corrected chi connectivity index (χ2v) is 8.43. The summed E-state index contributed by atoms with van der Waals surface area (Å²) in [6, 6.07) is 0. The number of halogens is 1. The fraction of sp³-hybridized carbons (Fsp3) is 0.917. The summed E-state index contributed by atoms with van der Waals surface area (Å²) >= 11 is 2.31. The van der Waals surface area contributed by atoms with Crippen LogP contribution in [-0.2, 0) is 4.79 Å². The minimum atomic E-state index is 0.0577. The fourth-order valence-electron chi connectivity index (χ4n) is 1.16. The van der Waals surface area contributed by atoms with E-state index < -0.39 is 0 Å². The normalized spacial score (nSPS) is 12.7. The molecule has 0 aliphatic heterocycles. The number of amides is 1. The summed E-state index contributed by atoms with van der Waals surface area (Å²) in [5.41, 5.74) is 0.340. The molecule has 0 unspecified atom stereocenters. The van der Waals surface area contributed by atoms with Crippen LogP contribution in [-0.4, -0.2) is 15.9 Å². The molecule has 0 fully saturated rings. The Morgan fingerprint density at radius 1 is 1.27 bits per heavy atom. The van der Waals surface area contributed by atoms with Crippen molar-refractivity contribution in [1.82, 2.24) is 5.32 Å². The maximum atomic E-state index is 11.5. The second-order valence-electron chi connectivity index (χ2n) is 5.51. The molecule has 0 rings (SSSR count). The molecule has 2 nitrogen and oxygen atoms in total. The molecule has 0 aliphatic carbocycles. The molecule has 0 radical (unpaired) electrons. The molecule has 90 valence electrons. The molecule has 0 saturated heterocycles. The van der Waals surface area contributed by atoms with Crippen LogP contribution in [0.5, 0.6) is 0 Å². The number of rotatable bonds is 6. The van der Waals surface area contributed by atoms with Gasteiger partial charge in [-0.3, -0.25) is 4.79 Å². The minimum absolute atomic E-state index is 0.0577. The van der Waals surface area contributed by atoms with E-state index in [2.05, 4.69) is 62.5 Å². The first-order valence-corrected chi connectivity index (χ1v) is 6.70. The predicted octanol–water partition coefficient (Wildman–Crippen LogP) is 3.53. The van der Waals surface area contributed by atoms with Crippen LogP contribution >= 0.6 is 22.6 Å². The van der Waals surface area contributed by atoms with Crippen molar-refractivity contribution < 1.29 is 4.79 Å². The number of hydrogen-bond donors (Lipinski definition) is 1. The van der Waals surface area contributed by atoms with Crippen LogP contribution < -0.4 is 5.32 Å². The standard InChI is InChI=1S/C12H24INO/c1-6-11(2,3)7-8-14-10(15)9-12(4,5)13/h6-9H2,1-5H3,(H,14,15). The Morgan fingerprint density at radius 3 is 2.20 bits per heavy atom. The van der Waals surface area contributed by atoms with Gasteiger partial charge in [-0.1, -0.05) is 63.6 Å². The molecule has 0 atom stereocenters. The molecule has 0 aromatic rings. The van der Waals surface area contributed by atoms with Gasteiger partial charge in [0.1, 0.15) is 0 Å². The van der Waals surface area contributed by atoms with Gasteiger partial charge in [-0.05, 0) is 11.8 Å². The number of hydrogen-bond acceptors (Lipinski definition) is 1. The monoisotopic (exact) mass is 325 g/mol. The molecular weight excluding hydrogens is 301 g/mol. The first-order chi connectivity index (χ1) is 6.66. The van der Waals surface area contributed by atoms with Crippen molar-refractivity contribution in [1.29, 1.82) is 0 Å². The van der Waals surface area contributed by atoms with Gasteiger partial charge >= 0.3 is 0 Å². The zero-order valence-electron chi connectivity index (χ0n) is 10.6. The molecule has 0 aromatic heterocycles. The average molecular weight is 325 g/mol. The summed E-state index contributed by atoms with van der Waals surface area (Å²) in [7, 11) is 0. The van der Waals surface area contributed by atoms with Crippen molar-refractivity contribution in [2.24, 2.45) is 5.41 Å². The predicted molar refractivity (Wildman–Crippen MR) is 74.4 cm³/mol. The highest BCUT2D eigenvalue weighted by molar-refractivity contribution is 14.1. The van der Waals surface area contributed by atoms with Crippen molar-refractivity contribution in [3.05, 3.63) is 0 Å². The summed E-state index contributed by atoms with van der Waals surface area (Å²) in [4.78, 5) is 11.5. The van der Waals surface area contributed by atoms with Crippen molar-refractivity contribution in [2.75, 3.05) is 6.54 Å². The highest BCUT2D eigenvalue weighted by Gasteiger charge is 2.19. The Kier molecular flexibility index (Phi) is 6.14. The second kappa shape index (κ2) is 6.06. The molecule has 0 spiro atoms. The Labute approximate surface area is 108 Å². The Balaban J connectivity index is 3.74. The summed E-state index contributed by atoms with van der Waals surface area (Å²) in [5.74, 6) is 0.168. The van der Waals surface area contributed by atoms with Gasteiger partial charge in [0.2, 0.25) is 5.91 Å². The van der Waals surface area contributed by atoms with E-state index in [0.717, 1.165) is 19.4 Å². The third-order valence-corrected chi connectivity index (χ3v) is 3.04. The van der Waals surface area contributed by atoms with Crippen LogP contribution in [0.25, 0.3) is 0 Å². The van der Waals surface area contributed by atoms with Gasteiger partial charge in [-0.2, -0.15) is 0 Å². The lowest BCUT2D eigenvalue weighted by Gasteiger charge is -2.23. The summed E-state index contributed by atoms with van der Waals surface area (Å²) in [5, 5.41) is 2.99. The molecule has 0 aliphatic rings. The van der Waals surface area contributed by atoms with Gasteiger partial charge in [-0.15, -0.1) is 0 Å². The first kappa shape index (κ1) is 15.2. The van der Waals surface area contributed by atoms with E-state index in [0.29, 0.717) is 11.8 Å². The van der Waals surface area contributed by atoms with Gasteiger partial charge in [0, 0.05) is 16.4 Å². The molecule has 15 heavy (non-hydrogen) atoms. The van der Waals surface area contributed by atoms with E-state index in [9.17, 15) is 4.79 Å². The lowest BCUT2D eigenvalue weighted by molar-refractivity contribution is -0.121. The topological polar surface area (TPSA) is 29.1 Å². The molecule has 1 N–H and O–H groups in total. The maximum Gasteiger partial charge on any atom is 0.221 e. The molecule has 0 bridgehead atoms. The fourth-order valence-corrected chi connectivity index (χ4v) is 1.51. The largest absolute Gasteiger partial charge is 0.356 e. The average Bonchev–Trinajstić information content (AvgIpc) is 2.00. The van der Waals surface area contributed by atoms with E-state index in [-0.39, 0.29) is 9.33 Å². The van der Waals surface area contributed by atoms with Gasteiger partial charge < -0.3 is 5.32 Å². The highest BCUT2D eigenvalue weighted by atomic mass is 127. The van der Waals surface area contributed by atoms with Crippen molar-refractivity contribution in [3.63, 3.8) is 0 Å². The molecule has 0 aromatic carbocycles. The first-order valence-electron chi connectivity index (χ1n) is 5.62. The number of carbonyl (C=O) groups is 1. The highest BCUT2D eigenvalue weighted by Crippen LogP contribution is 2.24. The van der Waals surface area contributed by atoms with Crippen LogP contribution in [0.15, 0.2) is 0 Å². The lowest BCUT2D eigenvalue weighted by Crippen LogP contribution is -2.31. The summed E-state index contributed by atoms with van der Waals surface area (Å²) in [6.45, 7) is 11.6. The smallest absolute Gasteiger partial charge is 0.221 e. The van der Waals surface area contributed by atoms with E-state index in [1.165, 1.54) is 0 Å². The molecule has 0 saturated carbocycles. The minimum Gasteiger partial charge on any atom is -0.356 e. The Bertz CT molecular complexity index is 206. The third-order valence-electron chi connectivity index (χ3n) is 2.66. The number of alkyl halides is 1. The van der Waals surface area contributed by atoms with Gasteiger partial charge in [0.15, 0.2) is 0 Å².